The second kappa shape index (κ2) is 12.3. The minimum absolute atomic E-state index is 0.0660. The number of ether oxygens (including phenoxy) is 1. The number of amides is 2. The predicted octanol–water partition coefficient (Wildman–Crippen LogP) is 4.53. The van der Waals surface area contributed by atoms with E-state index in [1.165, 1.54) is 17.0 Å². The maximum atomic E-state index is 14.0. The fraction of sp³-hybridized carbons (Fsp3) is 0.333. The first-order valence-electron chi connectivity index (χ1n) is 12.7. The highest BCUT2D eigenvalue weighted by Gasteiger charge is 2.33. The van der Waals surface area contributed by atoms with E-state index in [-0.39, 0.29) is 17.3 Å². The summed E-state index contributed by atoms with van der Waals surface area (Å²) in [6.45, 7) is 8.71. The van der Waals surface area contributed by atoms with Crippen molar-refractivity contribution in [2.24, 2.45) is 0 Å². The highest BCUT2D eigenvalue weighted by molar-refractivity contribution is 7.92. The SMILES string of the molecule is COc1cccc(CN(C(=O)CN(c2ccc(C)cc2)S(=O)(=O)c2ccccc2)C(C)C(=O)NC(C)(C)C)c1. The fourth-order valence-electron chi connectivity index (χ4n) is 3.98. The van der Waals surface area contributed by atoms with Gasteiger partial charge in [0.05, 0.1) is 17.7 Å². The number of aryl methyl sites for hydroxylation is 1. The van der Waals surface area contributed by atoms with Crippen LogP contribution in [0.25, 0.3) is 0 Å². The van der Waals surface area contributed by atoms with Gasteiger partial charge in [-0.1, -0.05) is 48.0 Å². The van der Waals surface area contributed by atoms with Crippen LogP contribution in [0.4, 0.5) is 5.69 Å². The van der Waals surface area contributed by atoms with Gasteiger partial charge in [0.15, 0.2) is 0 Å². The minimum Gasteiger partial charge on any atom is -0.497 e. The Labute approximate surface area is 231 Å². The number of methoxy groups -OCH3 is 1. The van der Waals surface area contributed by atoms with E-state index in [0.717, 1.165) is 15.4 Å². The van der Waals surface area contributed by atoms with Crippen LogP contribution in [0.15, 0.2) is 83.8 Å². The van der Waals surface area contributed by atoms with E-state index in [1.54, 1.807) is 74.7 Å². The van der Waals surface area contributed by atoms with Crippen LogP contribution in [0.5, 0.6) is 5.75 Å². The molecular formula is C30H37N3O5S. The molecule has 0 spiro atoms. The van der Waals surface area contributed by atoms with Gasteiger partial charge in [-0.2, -0.15) is 0 Å². The Bertz CT molecular complexity index is 1380. The lowest BCUT2D eigenvalue weighted by molar-refractivity contribution is -0.140. The van der Waals surface area contributed by atoms with Gasteiger partial charge in [-0.3, -0.25) is 13.9 Å². The van der Waals surface area contributed by atoms with Crippen LogP contribution < -0.4 is 14.4 Å². The first-order chi connectivity index (χ1) is 18.3. The summed E-state index contributed by atoms with van der Waals surface area (Å²) in [7, 11) is -2.54. The standard InChI is InChI=1S/C30H37N3O5S/c1-22-15-17-25(18-16-22)33(39(36,37)27-13-8-7-9-14-27)21-28(34)32(23(2)29(35)31-30(3,4)5)20-24-11-10-12-26(19-24)38-6/h7-19,23H,20-21H2,1-6H3,(H,31,35). The molecule has 0 bridgehead atoms. The monoisotopic (exact) mass is 551 g/mol. The van der Waals surface area contributed by atoms with Gasteiger partial charge in [0, 0.05) is 12.1 Å². The van der Waals surface area contributed by atoms with E-state index in [2.05, 4.69) is 5.32 Å². The normalized spacial score (nSPS) is 12.4. The number of carbonyl (C=O) groups excluding carboxylic acids is 2. The zero-order valence-electron chi connectivity index (χ0n) is 23.3. The molecule has 8 nitrogen and oxygen atoms in total. The quantitative estimate of drug-likeness (QED) is 0.399. The molecule has 3 aromatic carbocycles. The lowest BCUT2D eigenvalue weighted by Gasteiger charge is -2.33. The molecule has 1 atom stereocenters. The first kappa shape index (κ1) is 29.7. The lowest BCUT2D eigenvalue weighted by Crippen LogP contribution is -2.54. The summed E-state index contributed by atoms with van der Waals surface area (Å²) in [4.78, 5) is 28.6. The average molecular weight is 552 g/mol. The van der Waals surface area contributed by atoms with Crippen LogP contribution in [-0.4, -0.2) is 50.4 Å². The van der Waals surface area contributed by atoms with Crippen molar-refractivity contribution < 1.29 is 22.7 Å². The molecule has 208 valence electrons. The molecule has 0 saturated heterocycles. The fourth-order valence-corrected chi connectivity index (χ4v) is 5.42. The van der Waals surface area contributed by atoms with Crippen molar-refractivity contribution in [3.63, 3.8) is 0 Å². The molecule has 0 aromatic heterocycles. The number of rotatable bonds is 10. The van der Waals surface area contributed by atoms with Crippen molar-refractivity contribution in [1.29, 1.82) is 0 Å². The van der Waals surface area contributed by atoms with Gasteiger partial charge in [-0.25, -0.2) is 8.42 Å². The minimum atomic E-state index is -4.09. The van der Waals surface area contributed by atoms with E-state index < -0.39 is 34.1 Å². The van der Waals surface area contributed by atoms with Crippen LogP contribution in [0.1, 0.15) is 38.8 Å². The summed E-state index contributed by atoms with van der Waals surface area (Å²) in [6.07, 6.45) is 0. The Morgan fingerprint density at radius 2 is 1.59 bits per heavy atom. The Morgan fingerprint density at radius 1 is 0.949 bits per heavy atom. The zero-order valence-corrected chi connectivity index (χ0v) is 24.2. The molecule has 1 unspecified atom stereocenters. The van der Waals surface area contributed by atoms with Crippen LogP contribution in [0.3, 0.4) is 0 Å². The molecule has 3 rings (SSSR count). The summed E-state index contributed by atoms with van der Waals surface area (Å²) in [6, 6.07) is 21.2. The number of sulfonamides is 1. The number of nitrogens with one attached hydrogen (secondary N) is 1. The highest BCUT2D eigenvalue weighted by Crippen LogP contribution is 2.25. The number of carbonyl (C=O) groups is 2. The molecule has 0 fully saturated rings. The predicted molar refractivity (Wildman–Crippen MR) is 153 cm³/mol. The molecule has 9 heteroatoms. The van der Waals surface area contributed by atoms with E-state index in [0.29, 0.717) is 11.4 Å². The number of hydrogen-bond donors (Lipinski definition) is 1. The van der Waals surface area contributed by atoms with Gasteiger partial charge in [-0.05, 0) is 76.6 Å². The third-order valence-corrected chi connectivity index (χ3v) is 7.87. The molecule has 0 radical (unpaired) electrons. The molecule has 2 amide bonds. The van der Waals surface area contributed by atoms with Gasteiger partial charge in [0.1, 0.15) is 18.3 Å². The smallest absolute Gasteiger partial charge is 0.264 e. The van der Waals surface area contributed by atoms with Gasteiger partial charge >= 0.3 is 0 Å². The first-order valence-corrected chi connectivity index (χ1v) is 14.1. The third-order valence-electron chi connectivity index (χ3n) is 6.08. The Morgan fingerprint density at radius 3 is 2.18 bits per heavy atom. The Balaban J connectivity index is 2.03. The van der Waals surface area contributed by atoms with Crippen molar-refractivity contribution in [3.05, 3.63) is 90.0 Å². The Kier molecular flexibility index (Phi) is 9.40. The van der Waals surface area contributed by atoms with Gasteiger partial charge < -0.3 is 15.0 Å². The molecule has 0 aliphatic rings. The number of nitrogens with zero attached hydrogens (tertiary/aromatic N) is 2. The molecule has 0 heterocycles. The maximum absolute atomic E-state index is 14.0. The summed E-state index contributed by atoms with van der Waals surface area (Å²) in [5.74, 6) is -0.249. The van der Waals surface area contributed by atoms with Gasteiger partial charge in [-0.15, -0.1) is 0 Å². The maximum Gasteiger partial charge on any atom is 0.264 e. The van der Waals surface area contributed by atoms with Crippen molar-refractivity contribution in [1.82, 2.24) is 10.2 Å². The van der Waals surface area contributed by atoms with Crippen molar-refractivity contribution in [2.75, 3.05) is 18.0 Å². The topological polar surface area (TPSA) is 96.0 Å². The van der Waals surface area contributed by atoms with E-state index >= 15 is 0 Å². The van der Waals surface area contributed by atoms with Gasteiger partial charge in [0.25, 0.3) is 10.0 Å². The summed E-state index contributed by atoms with van der Waals surface area (Å²) in [5.41, 5.74) is 1.53. The molecule has 1 N–H and O–H groups in total. The molecule has 0 aliphatic carbocycles. The van der Waals surface area contributed by atoms with Crippen LogP contribution in [-0.2, 0) is 26.2 Å². The van der Waals surface area contributed by atoms with Crippen LogP contribution in [0.2, 0.25) is 0 Å². The molecule has 0 saturated carbocycles. The Hall–Kier alpha value is -3.85. The number of benzene rings is 3. The van der Waals surface area contributed by atoms with Crippen molar-refractivity contribution in [2.45, 2.75) is 57.6 Å². The van der Waals surface area contributed by atoms with Crippen LogP contribution in [0, 0.1) is 6.92 Å². The zero-order chi connectivity index (χ0) is 28.8. The second-order valence-electron chi connectivity index (χ2n) is 10.4. The molecule has 0 aliphatic heterocycles. The van der Waals surface area contributed by atoms with E-state index in [1.807, 2.05) is 33.8 Å². The number of hydrogen-bond acceptors (Lipinski definition) is 5. The van der Waals surface area contributed by atoms with Crippen molar-refractivity contribution >= 4 is 27.5 Å². The van der Waals surface area contributed by atoms with E-state index in [9.17, 15) is 18.0 Å². The molecule has 39 heavy (non-hydrogen) atoms. The van der Waals surface area contributed by atoms with Crippen molar-refractivity contribution in [3.8, 4) is 5.75 Å². The van der Waals surface area contributed by atoms with Gasteiger partial charge in [0.2, 0.25) is 11.8 Å². The molecular weight excluding hydrogens is 514 g/mol. The third kappa shape index (κ3) is 7.83. The number of anilines is 1. The molecule has 3 aromatic rings. The summed E-state index contributed by atoms with van der Waals surface area (Å²) < 4.78 is 34.0. The highest BCUT2D eigenvalue weighted by atomic mass is 32.2. The average Bonchev–Trinajstić information content (AvgIpc) is 2.90. The summed E-state index contributed by atoms with van der Waals surface area (Å²) >= 11 is 0. The second-order valence-corrected chi connectivity index (χ2v) is 12.3. The van der Waals surface area contributed by atoms with E-state index in [4.69, 9.17) is 4.74 Å². The lowest BCUT2D eigenvalue weighted by atomic mass is 10.1. The van der Waals surface area contributed by atoms with Crippen LogP contribution >= 0.6 is 0 Å². The largest absolute Gasteiger partial charge is 0.497 e. The summed E-state index contributed by atoms with van der Waals surface area (Å²) in [5, 5.41) is 2.92.